The average molecular weight is 142 g/mol. The van der Waals surface area contributed by atoms with Crippen molar-refractivity contribution in [2.24, 2.45) is 0 Å². The second kappa shape index (κ2) is 4.54. The van der Waals surface area contributed by atoms with Gasteiger partial charge in [0.15, 0.2) is 0 Å². The molecule has 0 rings (SSSR count). The molecule has 5 heteroatoms. The third kappa shape index (κ3) is 4.20. The van der Waals surface area contributed by atoms with E-state index in [0.29, 0.717) is 0 Å². The van der Waals surface area contributed by atoms with Gasteiger partial charge in [-0.15, -0.1) is 0 Å². The average Bonchev–Trinajstić information content (AvgIpc) is 1.82. The molecular formula is C4H6BNO2P+. The fourth-order valence-corrected chi connectivity index (χ4v) is 0.549. The van der Waals surface area contributed by atoms with Crippen LogP contribution >= 0.6 is 8.88 Å². The Morgan fingerprint density at radius 2 is 2.44 bits per heavy atom. The van der Waals surface area contributed by atoms with Gasteiger partial charge < -0.3 is 0 Å². The summed E-state index contributed by atoms with van der Waals surface area (Å²) in [7, 11) is 8.68. The Kier molecular flexibility index (Phi) is 4.38. The van der Waals surface area contributed by atoms with Crippen molar-refractivity contribution in [2.45, 2.75) is 18.8 Å². The molecule has 0 bridgehead atoms. The van der Waals surface area contributed by atoms with Crippen LogP contribution in [0.3, 0.4) is 0 Å². The molecule has 1 N–H and O–H groups in total. The van der Waals surface area contributed by atoms with Gasteiger partial charge in [-0.1, -0.05) is 0 Å². The molecule has 2 radical (unpaired) electrons. The van der Waals surface area contributed by atoms with E-state index in [9.17, 15) is 4.79 Å². The summed E-state index contributed by atoms with van der Waals surface area (Å²) in [5.74, 6) is -0.900. The molecule has 0 aliphatic heterocycles. The van der Waals surface area contributed by atoms with Crippen molar-refractivity contribution in [2.75, 3.05) is 0 Å². The van der Waals surface area contributed by atoms with E-state index in [-0.39, 0.29) is 18.8 Å². The molecule has 0 aliphatic rings. The van der Waals surface area contributed by atoms with E-state index >= 15 is 0 Å². The van der Waals surface area contributed by atoms with Gasteiger partial charge in [-0.05, 0) is 0 Å². The summed E-state index contributed by atoms with van der Waals surface area (Å²) >= 11 is 0. The van der Waals surface area contributed by atoms with E-state index in [4.69, 9.17) is 13.0 Å². The van der Waals surface area contributed by atoms with Crippen molar-refractivity contribution < 1.29 is 9.90 Å². The number of aliphatic carboxylic acids is 1. The third-order valence-electron chi connectivity index (χ3n) is 0.846. The molecule has 0 heterocycles. The molecule has 1 atom stereocenters. The Morgan fingerprint density at radius 1 is 1.89 bits per heavy atom. The van der Waals surface area contributed by atoms with Crippen LogP contribution < -0.4 is 0 Å². The van der Waals surface area contributed by atoms with Crippen molar-refractivity contribution in [1.82, 2.24) is 0 Å². The zero-order valence-corrected chi connectivity index (χ0v) is 5.71. The number of carboxylic acids is 1. The van der Waals surface area contributed by atoms with Crippen LogP contribution in [0.4, 0.5) is 0 Å². The van der Waals surface area contributed by atoms with Crippen LogP contribution in [0.5, 0.6) is 0 Å². The summed E-state index contributed by atoms with van der Waals surface area (Å²) < 4.78 is 3.44. The molecule has 0 aromatic rings. The third-order valence-corrected chi connectivity index (χ3v) is 1.17. The van der Waals surface area contributed by atoms with Gasteiger partial charge >= 0.3 is 56.0 Å². The molecule has 0 spiro atoms. The first-order chi connectivity index (χ1) is 4.20. The molecule has 0 amide bonds. The first-order valence-electron chi connectivity index (χ1n) is 2.46. The molecule has 46 valence electrons. The zero-order valence-electron chi connectivity index (χ0n) is 4.82. The van der Waals surface area contributed by atoms with E-state index in [2.05, 4.69) is 13.5 Å². The van der Waals surface area contributed by atoms with Gasteiger partial charge in [0.05, 0.1) is 0 Å². The fraction of sp³-hybridized carbons (Fsp3) is 0.750. The zero-order chi connectivity index (χ0) is 7.28. The molecule has 0 aliphatic carbocycles. The molecule has 9 heavy (non-hydrogen) atoms. The normalized spacial score (nSPS) is 11.9. The standard InChI is InChI=1S/C4H5BNO2P/c5-2-3(6-9)1-4(7)8/h3H,1-2H2/p+1. The number of nitrogens with zero attached hydrogens (tertiary/aromatic N) is 1. The Morgan fingerprint density at radius 3 is 2.56 bits per heavy atom. The van der Waals surface area contributed by atoms with Crippen LogP contribution in [-0.4, -0.2) is 25.0 Å². The number of hydrogen-bond acceptors (Lipinski definition) is 1. The molecule has 0 saturated heterocycles. The molecule has 1 unspecified atom stereocenters. The summed E-state index contributed by atoms with van der Waals surface area (Å²) in [4.78, 5) is 9.98. The molecular weight excluding hydrogens is 136 g/mol. The minimum absolute atomic E-state index is 0.0417. The Labute approximate surface area is 56.9 Å². The van der Waals surface area contributed by atoms with E-state index in [1.807, 2.05) is 0 Å². The maximum atomic E-state index is 9.98. The van der Waals surface area contributed by atoms with Gasteiger partial charge in [0.25, 0.3) is 0 Å². The molecule has 0 aromatic heterocycles. The van der Waals surface area contributed by atoms with Crippen LogP contribution in [0, 0.1) is 0 Å². The topological polar surface area (TPSA) is 41.7 Å². The van der Waals surface area contributed by atoms with Gasteiger partial charge in [-0.3, -0.25) is 0 Å². The van der Waals surface area contributed by atoms with E-state index < -0.39 is 5.97 Å². The summed E-state index contributed by atoms with van der Waals surface area (Å²) in [6.45, 7) is 0. The van der Waals surface area contributed by atoms with Crippen LogP contribution in [0.1, 0.15) is 6.42 Å². The molecule has 3 nitrogen and oxygen atoms in total. The summed E-state index contributed by atoms with van der Waals surface area (Å²) in [5.41, 5.74) is 0. The predicted octanol–water partition coefficient (Wildman–Crippen LogP) is 1.12. The van der Waals surface area contributed by atoms with Crippen LogP contribution in [0.2, 0.25) is 6.32 Å². The van der Waals surface area contributed by atoms with E-state index in [1.165, 1.54) is 0 Å². The van der Waals surface area contributed by atoms with Gasteiger partial charge in [0.1, 0.15) is 0 Å². The summed E-state index contributed by atoms with van der Waals surface area (Å²) in [6, 6.07) is -0.356. The second-order valence-electron chi connectivity index (χ2n) is 1.60. The molecule has 0 fully saturated rings. The minimum atomic E-state index is -0.900. The maximum absolute atomic E-state index is 9.98. The number of carbonyl (C=O) groups is 1. The van der Waals surface area contributed by atoms with Gasteiger partial charge in [-0.2, -0.15) is 0 Å². The van der Waals surface area contributed by atoms with Gasteiger partial charge in [-0.25, -0.2) is 0 Å². The van der Waals surface area contributed by atoms with Gasteiger partial charge in [0, 0.05) is 0 Å². The fourth-order valence-electron chi connectivity index (χ4n) is 0.373. The van der Waals surface area contributed by atoms with Crippen molar-refractivity contribution in [3.8, 4) is 0 Å². The van der Waals surface area contributed by atoms with E-state index in [0.717, 1.165) is 0 Å². The van der Waals surface area contributed by atoms with Crippen LogP contribution in [0.15, 0.2) is 0 Å². The second-order valence-corrected chi connectivity index (χ2v) is 1.83. The molecule has 0 aromatic carbocycles. The first kappa shape index (κ1) is 8.67. The first-order valence-corrected chi connectivity index (χ1v) is 2.86. The summed E-state index contributed by atoms with van der Waals surface area (Å²) in [6.07, 6.45) is 0.190. The number of carboxylic acid groups (broad SMARTS) is 1. The Balaban J connectivity index is 3.60. The Bertz CT molecular complexity index is 144. The van der Waals surface area contributed by atoms with E-state index in [1.54, 1.807) is 0 Å². The monoisotopic (exact) mass is 142 g/mol. The van der Waals surface area contributed by atoms with Crippen molar-refractivity contribution >= 4 is 22.7 Å². The van der Waals surface area contributed by atoms with Crippen LogP contribution in [0.25, 0.3) is 4.59 Å². The van der Waals surface area contributed by atoms with Crippen molar-refractivity contribution in [3.05, 3.63) is 4.59 Å². The SMILES string of the molecule is [B]CC(CC(=O)O)[N+]#P. The van der Waals surface area contributed by atoms with Crippen LogP contribution in [-0.2, 0) is 4.79 Å². The quantitative estimate of drug-likeness (QED) is 0.473. The van der Waals surface area contributed by atoms with Gasteiger partial charge in [0.2, 0.25) is 0 Å². The molecule has 0 saturated carbocycles. The van der Waals surface area contributed by atoms with Crippen molar-refractivity contribution in [3.63, 3.8) is 0 Å². The predicted molar refractivity (Wildman–Crippen MR) is 36.9 cm³/mol. The number of rotatable bonds is 3. The van der Waals surface area contributed by atoms with Crippen molar-refractivity contribution in [1.29, 1.82) is 0 Å². The Hall–Kier alpha value is -0.325. The summed E-state index contributed by atoms with van der Waals surface area (Å²) in [5, 5.41) is 8.20. The number of hydrogen-bond donors (Lipinski definition) is 1.